The smallest absolute Gasteiger partial charge is 0.335 e. The molecule has 7 heteroatoms. The Morgan fingerprint density at radius 3 is 2.78 bits per heavy atom. The van der Waals surface area contributed by atoms with Crippen LogP contribution in [-0.2, 0) is 6.42 Å². The molecular weight excluding hydrogens is 254 g/mol. The Morgan fingerprint density at radius 2 is 2.22 bits per heavy atom. The first kappa shape index (κ1) is 12.6. The molecule has 94 valence electrons. The Labute approximate surface area is 107 Å². The van der Waals surface area contributed by atoms with Crippen LogP contribution in [-0.4, -0.2) is 26.3 Å². The Morgan fingerprint density at radius 1 is 1.44 bits per heavy atom. The van der Waals surface area contributed by atoms with Crippen LogP contribution in [0, 0.1) is 6.92 Å². The van der Waals surface area contributed by atoms with Crippen LogP contribution < -0.4 is 0 Å². The molecule has 6 nitrogen and oxygen atoms in total. The highest BCUT2D eigenvalue weighted by Gasteiger charge is 2.11. The van der Waals surface area contributed by atoms with Gasteiger partial charge in [-0.2, -0.15) is 0 Å². The first-order valence-electron chi connectivity index (χ1n) is 5.30. The van der Waals surface area contributed by atoms with Gasteiger partial charge < -0.3 is 9.52 Å². The van der Waals surface area contributed by atoms with Crippen LogP contribution in [0.15, 0.2) is 26.8 Å². The minimum Gasteiger partial charge on any atom is -0.478 e. The highest BCUT2D eigenvalue weighted by molar-refractivity contribution is 7.99. The van der Waals surface area contributed by atoms with Crippen molar-refractivity contribution in [2.75, 3.05) is 0 Å². The molecule has 0 spiro atoms. The number of carboxylic acids is 1. The van der Waals surface area contributed by atoms with Crippen LogP contribution in [0.3, 0.4) is 0 Å². The normalized spacial score (nSPS) is 10.6. The Balaban J connectivity index is 2.32. The van der Waals surface area contributed by atoms with Crippen LogP contribution in [0.25, 0.3) is 0 Å². The summed E-state index contributed by atoms with van der Waals surface area (Å²) in [5.41, 5.74) is 0.925. The molecule has 0 amide bonds. The van der Waals surface area contributed by atoms with E-state index in [9.17, 15) is 4.79 Å². The summed E-state index contributed by atoms with van der Waals surface area (Å²) >= 11 is 1.15. The standard InChI is InChI=1S/C11H11N3O3S/c1-3-8-4-7(10(15)16)5-9(12-8)18-11-14-13-6(2)17-11/h4-5H,3H2,1-2H3,(H,15,16). The lowest BCUT2D eigenvalue weighted by Gasteiger charge is -2.02. The average Bonchev–Trinajstić information content (AvgIpc) is 2.74. The SMILES string of the molecule is CCc1cc(C(=O)O)cc(Sc2nnc(C)o2)n1. The van der Waals surface area contributed by atoms with Gasteiger partial charge in [0.05, 0.1) is 5.56 Å². The third kappa shape index (κ3) is 2.86. The van der Waals surface area contributed by atoms with Crippen molar-refractivity contribution in [1.29, 1.82) is 0 Å². The quantitative estimate of drug-likeness (QED) is 0.906. The van der Waals surface area contributed by atoms with Gasteiger partial charge in [-0.15, -0.1) is 10.2 Å². The van der Waals surface area contributed by atoms with E-state index < -0.39 is 5.97 Å². The van der Waals surface area contributed by atoms with Crippen molar-refractivity contribution in [2.24, 2.45) is 0 Å². The maximum atomic E-state index is 11.0. The van der Waals surface area contributed by atoms with E-state index in [2.05, 4.69) is 15.2 Å². The van der Waals surface area contributed by atoms with E-state index in [0.717, 1.165) is 11.8 Å². The number of aromatic nitrogens is 3. The van der Waals surface area contributed by atoms with Crippen molar-refractivity contribution in [3.63, 3.8) is 0 Å². The van der Waals surface area contributed by atoms with Crippen molar-refractivity contribution in [1.82, 2.24) is 15.2 Å². The number of hydrogen-bond acceptors (Lipinski definition) is 6. The second-order valence-electron chi connectivity index (χ2n) is 3.53. The molecular formula is C11H11N3O3S. The molecule has 0 bridgehead atoms. The largest absolute Gasteiger partial charge is 0.478 e. The predicted molar refractivity (Wildman–Crippen MR) is 63.7 cm³/mol. The zero-order chi connectivity index (χ0) is 13.1. The van der Waals surface area contributed by atoms with Crippen LogP contribution in [0.5, 0.6) is 0 Å². The fraction of sp³-hybridized carbons (Fsp3) is 0.273. The highest BCUT2D eigenvalue weighted by atomic mass is 32.2. The molecule has 2 aromatic rings. The number of carbonyl (C=O) groups is 1. The first-order chi connectivity index (χ1) is 8.58. The zero-order valence-corrected chi connectivity index (χ0v) is 10.7. The molecule has 0 saturated heterocycles. The average molecular weight is 265 g/mol. The summed E-state index contributed by atoms with van der Waals surface area (Å²) in [6.07, 6.45) is 0.664. The summed E-state index contributed by atoms with van der Waals surface area (Å²) < 4.78 is 5.21. The van der Waals surface area contributed by atoms with E-state index in [-0.39, 0.29) is 5.56 Å². The summed E-state index contributed by atoms with van der Waals surface area (Å²) in [4.78, 5) is 15.3. The van der Waals surface area contributed by atoms with Crippen molar-refractivity contribution >= 4 is 17.7 Å². The van der Waals surface area contributed by atoms with Crippen LogP contribution in [0.2, 0.25) is 0 Å². The summed E-state index contributed by atoms with van der Waals surface area (Å²) in [6, 6.07) is 3.05. The predicted octanol–water partition coefficient (Wildman–Crippen LogP) is 2.18. The molecule has 0 saturated carbocycles. The van der Waals surface area contributed by atoms with Crippen LogP contribution >= 0.6 is 11.8 Å². The van der Waals surface area contributed by atoms with E-state index in [1.807, 2.05) is 6.92 Å². The second kappa shape index (κ2) is 5.18. The minimum atomic E-state index is -0.976. The first-order valence-corrected chi connectivity index (χ1v) is 6.12. The molecule has 18 heavy (non-hydrogen) atoms. The molecule has 2 aromatic heterocycles. The number of rotatable bonds is 4. The highest BCUT2D eigenvalue weighted by Crippen LogP contribution is 2.26. The van der Waals surface area contributed by atoms with Crippen molar-refractivity contribution < 1.29 is 14.3 Å². The Kier molecular flexibility index (Phi) is 3.61. The minimum absolute atomic E-state index is 0.209. The van der Waals surface area contributed by atoms with Crippen LogP contribution in [0.1, 0.15) is 28.9 Å². The van der Waals surface area contributed by atoms with Gasteiger partial charge >= 0.3 is 5.97 Å². The van der Waals surface area contributed by atoms with Crippen molar-refractivity contribution in [2.45, 2.75) is 30.5 Å². The van der Waals surface area contributed by atoms with E-state index in [0.29, 0.717) is 28.3 Å². The van der Waals surface area contributed by atoms with Gasteiger partial charge in [0.2, 0.25) is 5.89 Å². The third-order valence-electron chi connectivity index (χ3n) is 2.16. The maximum Gasteiger partial charge on any atom is 0.335 e. The molecule has 0 unspecified atom stereocenters. The number of carboxylic acid groups (broad SMARTS) is 1. The van der Waals surface area contributed by atoms with E-state index >= 15 is 0 Å². The van der Waals surface area contributed by atoms with Gasteiger partial charge in [-0.25, -0.2) is 9.78 Å². The molecule has 0 aliphatic rings. The lowest BCUT2D eigenvalue weighted by Crippen LogP contribution is -2.00. The molecule has 0 atom stereocenters. The molecule has 0 aliphatic heterocycles. The number of nitrogens with zero attached hydrogens (tertiary/aromatic N) is 3. The topological polar surface area (TPSA) is 89.1 Å². The molecule has 2 heterocycles. The Bertz CT molecular complexity index is 583. The summed E-state index contributed by atoms with van der Waals surface area (Å²) in [5.74, 6) is -0.515. The monoisotopic (exact) mass is 265 g/mol. The molecule has 0 aromatic carbocycles. The van der Waals surface area contributed by atoms with E-state index in [4.69, 9.17) is 9.52 Å². The second-order valence-corrected chi connectivity index (χ2v) is 4.50. The fourth-order valence-electron chi connectivity index (χ4n) is 1.33. The maximum absolute atomic E-state index is 11.0. The van der Waals surface area contributed by atoms with E-state index in [1.165, 1.54) is 6.07 Å². The lowest BCUT2D eigenvalue weighted by molar-refractivity contribution is 0.0696. The van der Waals surface area contributed by atoms with Crippen molar-refractivity contribution in [3.05, 3.63) is 29.3 Å². The van der Waals surface area contributed by atoms with Gasteiger partial charge in [0.1, 0.15) is 5.03 Å². The van der Waals surface area contributed by atoms with Gasteiger partial charge in [-0.05, 0) is 30.3 Å². The molecule has 0 radical (unpaired) electrons. The zero-order valence-electron chi connectivity index (χ0n) is 9.88. The van der Waals surface area contributed by atoms with Gasteiger partial charge in [0.15, 0.2) is 0 Å². The Hall–Kier alpha value is -1.89. The van der Waals surface area contributed by atoms with Crippen LogP contribution in [0.4, 0.5) is 0 Å². The van der Waals surface area contributed by atoms with Gasteiger partial charge in [0.25, 0.3) is 5.22 Å². The molecule has 1 N–H and O–H groups in total. The van der Waals surface area contributed by atoms with Gasteiger partial charge in [0, 0.05) is 12.6 Å². The van der Waals surface area contributed by atoms with Gasteiger partial charge in [-0.1, -0.05) is 6.92 Å². The fourth-order valence-corrected chi connectivity index (χ4v) is 2.10. The molecule has 0 aliphatic carbocycles. The third-order valence-corrected chi connectivity index (χ3v) is 2.92. The van der Waals surface area contributed by atoms with Gasteiger partial charge in [-0.3, -0.25) is 0 Å². The number of pyridine rings is 1. The number of hydrogen-bond donors (Lipinski definition) is 1. The summed E-state index contributed by atoms with van der Waals surface area (Å²) in [6.45, 7) is 3.61. The molecule has 0 fully saturated rings. The summed E-state index contributed by atoms with van der Waals surface area (Å²) in [5, 5.41) is 17.4. The molecule has 2 rings (SSSR count). The number of aryl methyl sites for hydroxylation is 2. The van der Waals surface area contributed by atoms with E-state index in [1.54, 1.807) is 13.0 Å². The number of aromatic carboxylic acids is 1. The summed E-state index contributed by atoms with van der Waals surface area (Å²) in [7, 11) is 0. The van der Waals surface area contributed by atoms with Crippen molar-refractivity contribution in [3.8, 4) is 0 Å². The lowest BCUT2D eigenvalue weighted by atomic mass is 10.2.